The summed E-state index contributed by atoms with van der Waals surface area (Å²) in [6.07, 6.45) is 0.0649. The summed E-state index contributed by atoms with van der Waals surface area (Å²) >= 11 is 0. The van der Waals surface area contributed by atoms with Gasteiger partial charge in [0, 0.05) is 55.9 Å². The zero-order valence-electron chi connectivity index (χ0n) is 54.4. The van der Waals surface area contributed by atoms with E-state index in [1.165, 1.54) is 0 Å². The number of carboxylic acids is 1. The van der Waals surface area contributed by atoms with Crippen LogP contribution < -0.4 is 21.7 Å². The summed E-state index contributed by atoms with van der Waals surface area (Å²) in [5.41, 5.74) is 11.3. The molecule has 2 aliphatic rings. The second-order valence-electron chi connectivity index (χ2n) is 24.2. The molecule has 19 heteroatoms. The number of nitrogens with two attached hydrogens (primary N) is 1. The van der Waals surface area contributed by atoms with Gasteiger partial charge in [-0.1, -0.05) is 243 Å². The molecule has 1 unspecified atom stereocenters. The molecule has 2 fully saturated rings. The SMILES string of the molecule is C[C@]1(C(=O)C(N)Cc2ccccc2)CO1.C[C@]1(C(=O)[C@H](Cc2ccccc2)NC(=O)[C@@H](CC(=O)[C@@H](Cc2ccccc2)NC(=O)OCc2ccccc2)Cc2ccccc2)CO1.O=C(N[C@H](Cc1ccccc1)C(=O)C[C@@H](Cc1ccccc1)C(=O)O)OCc1ccccc1.[V].[V]. The number of nitrogens with one attached hydrogen (secondary N) is 3. The second-order valence-corrected chi connectivity index (χ2v) is 24.2. The van der Waals surface area contributed by atoms with Gasteiger partial charge >= 0.3 is 18.2 Å². The van der Waals surface area contributed by atoms with Crippen LogP contribution in [-0.4, -0.2) is 101 Å². The van der Waals surface area contributed by atoms with Crippen LogP contribution in [0.1, 0.15) is 71.2 Å². The normalized spacial score (nSPS) is 16.5. The van der Waals surface area contributed by atoms with Crippen molar-refractivity contribution in [2.75, 3.05) is 13.2 Å². The van der Waals surface area contributed by atoms with Gasteiger partial charge in [0.1, 0.15) is 24.4 Å². The molecule has 8 aromatic rings. The van der Waals surface area contributed by atoms with Crippen molar-refractivity contribution in [1.29, 1.82) is 0 Å². The molecule has 97 heavy (non-hydrogen) atoms. The Labute approximate surface area is 590 Å². The molecule has 2 heterocycles. The van der Waals surface area contributed by atoms with Crippen LogP contribution in [0.25, 0.3) is 0 Å². The number of ether oxygens (including phenoxy) is 4. The predicted octanol–water partition coefficient (Wildman–Crippen LogP) is 10.8. The van der Waals surface area contributed by atoms with Crippen LogP contribution in [0.3, 0.4) is 0 Å². The van der Waals surface area contributed by atoms with Crippen molar-refractivity contribution < 1.29 is 99.5 Å². The van der Waals surface area contributed by atoms with E-state index in [0.717, 1.165) is 44.5 Å². The van der Waals surface area contributed by atoms with Crippen LogP contribution in [0.2, 0.25) is 0 Å². The van der Waals surface area contributed by atoms with E-state index in [9.17, 15) is 43.5 Å². The summed E-state index contributed by atoms with van der Waals surface area (Å²) < 4.78 is 21.2. The molecule has 502 valence electrons. The fourth-order valence-electron chi connectivity index (χ4n) is 10.6. The summed E-state index contributed by atoms with van der Waals surface area (Å²) in [5, 5.41) is 18.0. The van der Waals surface area contributed by atoms with Gasteiger partial charge in [-0.3, -0.25) is 28.8 Å². The molecule has 10 rings (SSSR count). The molecule has 6 N–H and O–H groups in total. The van der Waals surface area contributed by atoms with Gasteiger partial charge in [-0.15, -0.1) is 0 Å². The zero-order valence-corrected chi connectivity index (χ0v) is 57.2. The first-order valence-corrected chi connectivity index (χ1v) is 31.8. The van der Waals surface area contributed by atoms with Crippen LogP contribution >= 0.6 is 0 Å². The Morgan fingerprint density at radius 1 is 0.392 bits per heavy atom. The molecule has 3 amide bonds. The van der Waals surface area contributed by atoms with Gasteiger partial charge in [-0.2, -0.15) is 0 Å². The largest absolute Gasteiger partial charge is 0.481 e. The van der Waals surface area contributed by atoms with Gasteiger partial charge in [-0.05, 0) is 96.9 Å². The first kappa shape index (κ1) is 77.0. The Kier molecular flexibility index (Phi) is 31.1. The molecule has 0 spiro atoms. The van der Waals surface area contributed by atoms with Crippen molar-refractivity contribution in [1.82, 2.24) is 16.0 Å². The summed E-state index contributed by atoms with van der Waals surface area (Å²) in [6.45, 7) is 4.45. The van der Waals surface area contributed by atoms with E-state index in [1.807, 2.05) is 243 Å². The van der Waals surface area contributed by atoms with Gasteiger partial charge in [-0.25, -0.2) is 9.59 Å². The van der Waals surface area contributed by atoms with Crippen molar-refractivity contribution in [3.8, 4) is 0 Å². The van der Waals surface area contributed by atoms with Crippen molar-refractivity contribution in [2.24, 2.45) is 17.6 Å². The molecule has 0 saturated carbocycles. The first-order chi connectivity index (χ1) is 45.9. The Morgan fingerprint density at radius 2 is 0.660 bits per heavy atom. The van der Waals surface area contributed by atoms with Gasteiger partial charge in [0.25, 0.3) is 0 Å². The fraction of sp³-hybridized carbons (Fsp3) is 0.282. The number of carbonyl (C=O) groups is 8. The van der Waals surface area contributed by atoms with Crippen LogP contribution in [0.4, 0.5) is 9.59 Å². The molecule has 2 saturated heterocycles. The number of ketones is 4. The van der Waals surface area contributed by atoms with Crippen molar-refractivity contribution >= 4 is 47.2 Å². The van der Waals surface area contributed by atoms with Crippen molar-refractivity contribution in [2.45, 2.75) is 114 Å². The molecule has 0 aliphatic carbocycles. The molecular weight excluding hydrogens is 1300 g/mol. The fourth-order valence-corrected chi connectivity index (χ4v) is 10.6. The second kappa shape index (κ2) is 39.2. The maximum absolute atomic E-state index is 14.0. The number of carboxylic acid groups (broad SMARTS) is 1. The third-order valence-electron chi connectivity index (χ3n) is 16.4. The first-order valence-electron chi connectivity index (χ1n) is 31.8. The van der Waals surface area contributed by atoms with Crippen LogP contribution in [0, 0.1) is 11.8 Å². The smallest absolute Gasteiger partial charge is 0.408 e. The van der Waals surface area contributed by atoms with Crippen LogP contribution in [0.15, 0.2) is 243 Å². The Bertz CT molecular complexity index is 3750. The Balaban J connectivity index is 0.000000257. The van der Waals surface area contributed by atoms with E-state index >= 15 is 0 Å². The molecule has 2 radical (unpaired) electrons. The van der Waals surface area contributed by atoms with E-state index in [0.29, 0.717) is 26.1 Å². The number of amides is 3. The standard InChI is InChI=1S/C39H40N2O6.C27H27NO5.C12H15NO2.2V/c1-39(27-47-39)36(43)34(24-30-18-10-4-11-19-30)40-37(44)32(22-28-14-6-2-7-15-28)25-35(42)33(23-29-16-8-3-9-17-29)41-38(45)46-26-31-20-12-5-13-21-31;29-25(18-23(26(30)31)16-20-10-4-1-5-11-20)24(17-21-12-6-2-7-13-21)28-27(32)33-19-22-14-8-3-9-15-22;1-12(8-15-12)11(14)10(13)7-9-5-3-2-4-6-9;;/h2-21,32-34H,22-27H2,1H3,(H,40,44)(H,41,45);1-15,23-24H,16-19H2,(H,28,32)(H,30,31);2-6,10H,7-8,13H2,1H3;;/t32-,33-,34+,39-;23-,24-;10?,12-;;/m111../s1. The molecule has 17 nitrogen and oxygen atoms in total. The number of hydrogen-bond acceptors (Lipinski definition) is 13. The maximum atomic E-state index is 14.0. The van der Waals surface area contributed by atoms with Gasteiger partial charge in [0.15, 0.2) is 23.1 Å². The van der Waals surface area contributed by atoms with Crippen LogP contribution in [0.5, 0.6) is 0 Å². The predicted molar refractivity (Wildman–Crippen MR) is 360 cm³/mol. The number of rotatable bonds is 31. The van der Waals surface area contributed by atoms with E-state index in [2.05, 4.69) is 16.0 Å². The van der Waals surface area contributed by atoms with Gasteiger partial charge in [0.05, 0.1) is 43.3 Å². The van der Waals surface area contributed by atoms with Crippen LogP contribution in [-0.2, 0) is 137 Å². The number of carbonyl (C=O) groups excluding carboxylic acids is 7. The number of aliphatic carboxylic acids is 1. The molecule has 8 aromatic carbocycles. The van der Waals surface area contributed by atoms with Gasteiger partial charge in [0.2, 0.25) is 5.91 Å². The number of Topliss-reactive ketones (excluding diaryl/α,β-unsaturated/α-hetero) is 4. The quantitative estimate of drug-likeness (QED) is 0.0253. The third kappa shape index (κ3) is 26.1. The number of hydrogen-bond donors (Lipinski definition) is 5. The zero-order chi connectivity index (χ0) is 67.4. The molecular formula is C78H82N4O13V2. The minimum Gasteiger partial charge on any atom is -0.481 e. The van der Waals surface area contributed by atoms with Crippen molar-refractivity contribution in [3.63, 3.8) is 0 Å². The Morgan fingerprint density at radius 3 is 0.979 bits per heavy atom. The summed E-state index contributed by atoms with van der Waals surface area (Å²) in [5.74, 6) is -4.01. The molecule has 0 aromatic heterocycles. The summed E-state index contributed by atoms with van der Waals surface area (Å²) in [4.78, 5) is 104. The minimum absolute atomic E-state index is 0. The molecule has 0 bridgehead atoms. The van der Waals surface area contributed by atoms with E-state index < -0.39 is 71.3 Å². The topological polar surface area (TPSA) is 262 Å². The average Bonchev–Trinajstić information content (AvgIpc) is 1.65. The van der Waals surface area contributed by atoms with E-state index in [-0.39, 0.29) is 112 Å². The van der Waals surface area contributed by atoms with E-state index in [4.69, 9.17) is 24.7 Å². The summed E-state index contributed by atoms with van der Waals surface area (Å²) in [7, 11) is 0. The van der Waals surface area contributed by atoms with E-state index in [1.54, 1.807) is 13.8 Å². The Hall–Kier alpha value is -9.03. The number of benzene rings is 8. The third-order valence-corrected chi connectivity index (χ3v) is 16.4. The summed E-state index contributed by atoms with van der Waals surface area (Å²) in [6, 6.07) is 71.9. The monoisotopic (exact) mass is 1380 g/mol. The number of epoxide rings is 2. The van der Waals surface area contributed by atoms with Crippen molar-refractivity contribution in [3.05, 3.63) is 287 Å². The van der Waals surface area contributed by atoms with Gasteiger partial charge < -0.3 is 45.7 Å². The molecule has 2 aliphatic heterocycles. The maximum Gasteiger partial charge on any atom is 0.408 e. The minimum atomic E-state index is -1.04. The molecule has 8 atom stereocenters. The number of alkyl carbamates (subject to hydrolysis) is 2. The average molecular weight is 1390 g/mol.